The molecule has 12 heavy (non-hydrogen) atoms. The Balaban J connectivity index is 2.10. The second-order valence-electron chi connectivity index (χ2n) is 3.75. The van der Waals surface area contributed by atoms with E-state index in [9.17, 15) is 15.3 Å². The Bertz CT molecular complexity index is 176. The molecule has 2 rings (SSSR count). The molecule has 0 bridgehead atoms. The van der Waals surface area contributed by atoms with Crippen LogP contribution in [0, 0.1) is 0 Å². The lowest BCUT2D eigenvalue weighted by atomic mass is 9.94. The van der Waals surface area contributed by atoms with Crippen LogP contribution in [0.2, 0.25) is 0 Å². The average molecular weight is 173 g/mol. The number of aliphatic hydroxyl groups excluding tert-OH is 3. The number of hydrogen-bond acceptors (Lipinski definition) is 4. The van der Waals surface area contributed by atoms with Crippen LogP contribution in [0.4, 0.5) is 0 Å². The monoisotopic (exact) mass is 173 g/mol. The van der Waals surface area contributed by atoms with Crippen molar-refractivity contribution in [1.29, 1.82) is 0 Å². The van der Waals surface area contributed by atoms with Gasteiger partial charge in [-0.2, -0.15) is 0 Å². The Morgan fingerprint density at radius 1 is 1.08 bits per heavy atom. The van der Waals surface area contributed by atoms with Gasteiger partial charge in [-0.05, 0) is 19.4 Å². The molecule has 2 saturated heterocycles. The molecule has 0 spiro atoms. The highest BCUT2D eigenvalue weighted by Crippen LogP contribution is 2.27. The number of aliphatic hydroxyl groups is 3. The van der Waals surface area contributed by atoms with Gasteiger partial charge in [-0.1, -0.05) is 0 Å². The molecular formula is C8H15NO3. The van der Waals surface area contributed by atoms with Crippen LogP contribution in [0.3, 0.4) is 0 Å². The predicted octanol–water partition coefficient (Wildman–Crippen LogP) is -1.45. The lowest BCUT2D eigenvalue weighted by molar-refractivity contribution is -0.127. The molecule has 2 fully saturated rings. The zero-order valence-electron chi connectivity index (χ0n) is 6.93. The average Bonchev–Trinajstić information content (AvgIpc) is 2.48. The van der Waals surface area contributed by atoms with Gasteiger partial charge >= 0.3 is 0 Å². The number of piperidine rings is 1. The van der Waals surface area contributed by atoms with Crippen LogP contribution in [0.25, 0.3) is 0 Å². The van der Waals surface area contributed by atoms with Crippen molar-refractivity contribution in [2.75, 3.05) is 13.1 Å². The number of fused-ring (bicyclic) bond motifs is 1. The van der Waals surface area contributed by atoms with Gasteiger partial charge in [0, 0.05) is 12.6 Å². The van der Waals surface area contributed by atoms with E-state index in [-0.39, 0.29) is 6.04 Å². The van der Waals surface area contributed by atoms with Gasteiger partial charge in [-0.15, -0.1) is 0 Å². The summed E-state index contributed by atoms with van der Waals surface area (Å²) in [5.41, 5.74) is 0. The Morgan fingerprint density at radius 3 is 2.58 bits per heavy atom. The van der Waals surface area contributed by atoms with E-state index in [0.29, 0.717) is 6.54 Å². The van der Waals surface area contributed by atoms with Crippen LogP contribution >= 0.6 is 0 Å². The van der Waals surface area contributed by atoms with Gasteiger partial charge in [0.15, 0.2) is 0 Å². The van der Waals surface area contributed by atoms with E-state index in [0.717, 1.165) is 19.4 Å². The van der Waals surface area contributed by atoms with Gasteiger partial charge in [-0.25, -0.2) is 0 Å². The maximum Gasteiger partial charge on any atom is 0.108 e. The first-order valence-corrected chi connectivity index (χ1v) is 4.48. The van der Waals surface area contributed by atoms with Crippen molar-refractivity contribution in [3.05, 3.63) is 0 Å². The third-order valence-corrected chi connectivity index (χ3v) is 2.97. The Morgan fingerprint density at radius 2 is 1.83 bits per heavy atom. The third kappa shape index (κ3) is 1.15. The lowest BCUT2D eigenvalue weighted by Gasteiger charge is -2.39. The van der Waals surface area contributed by atoms with Crippen LogP contribution in [-0.4, -0.2) is 57.7 Å². The normalized spacial score (nSPS) is 49.2. The first-order chi connectivity index (χ1) is 5.70. The highest BCUT2D eigenvalue weighted by atomic mass is 16.4. The minimum Gasteiger partial charge on any atom is -0.389 e. The maximum atomic E-state index is 9.57. The minimum atomic E-state index is -0.954. The molecule has 70 valence electrons. The highest BCUT2D eigenvalue weighted by molar-refractivity contribution is 4.97. The zero-order valence-corrected chi connectivity index (χ0v) is 6.93. The van der Waals surface area contributed by atoms with E-state index in [4.69, 9.17) is 0 Å². The summed E-state index contributed by atoms with van der Waals surface area (Å²) in [6.45, 7) is 1.44. The smallest absolute Gasteiger partial charge is 0.108 e. The Labute approximate surface area is 71.4 Å². The first-order valence-electron chi connectivity index (χ1n) is 4.48. The molecule has 0 unspecified atom stereocenters. The topological polar surface area (TPSA) is 63.9 Å². The molecule has 0 radical (unpaired) electrons. The molecule has 2 heterocycles. The van der Waals surface area contributed by atoms with Gasteiger partial charge in [0.25, 0.3) is 0 Å². The molecule has 0 amide bonds. The fourth-order valence-corrected chi connectivity index (χ4v) is 2.27. The summed E-state index contributed by atoms with van der Waals surface area (Å²) in [7, 11) is 0. The van der Waals surface area contributed by atoms with Gasteiger partial charge < -0.3 is 15.3 Å². The summed E-state index contributed by atoms with van der Waals surface area (Å²) in [6.07, 6.45) is -0.513. The van der Waals surface area contributed by atoms with E-state index in [1.165, 1.54) is 0 Å². The van der Waals surface area contributed by atoms with E-state index >= 15 is 0 Å². The summed E-state index contributed by atoms with van der Waals surface area (Å²) in [5.74, 6) is 0. The quantitative estimate of drug-likeness (QED) is 0.419. The zero-order chi connectivity index (χ0) is 8.72. The van der Waals surface area contributed by atoms with Gasteiger partial charge in [0.2, 0.25) is 0 Å². The van der Waals surface area contributed by atoms with E-state index in [2.05, 4.69) is 4.90 Å². The predicted molar refractivity (Wildman–Crippen MR) is 42.6 cm³/mol. The summed E-state index contributed by atoms with van der Waals surface area (Å²) in [6, 6.07) is 0.0726. The molecule has 0 aromatic carbocycles. The summed E-state index contributed by atoms with van der Waals surface area (Å²) >= 11 is 0. The SMILES string of the molecule is O[C@@H]1[C@@H](O)[C@H]2CCCN2C[C@H]1O. The fourth-order valence-electron chi connectivity index (χ4n) is 2.27. The van der Waals surface area contributed by atoms with Gasteiger partial charge in [-0.3, -0.25) is 4.90 Å². The molecule has 0 saturated carbocycles. The van der Waals surface area contributed by atoms with E-state index < -0.39 is 18.3 Å². The molecule has 4 atom stereocenters. The van der Waals surface area contributed by atoms with Crippen molar-refractivity contribution in [2.45, 2.75) is 37.2 Å². The lowest BCUT2D eigenvalue weighted by Crippen LogP contribution is -2.58. The van der Waals surface area contributed by atoms with Crippen molar-refractivity contribution in [3.63, 3.8) is 0 Å². The summed E-state index contributed by atoms with van der Waals surface area (Å²) < 4.78 is 0. The fraction of sp³-hybridized carbons (Fsp3) is 1.00. The molecule has 0 aromatic rings. The van der Waals surface area contributed by atoms with Crippen molar-refractivity contribution in [3.8, 4) is 0 Å². The van der Waals surface area contributed by atoms with Crippen LogP contribution in [-0.2, 0) is 0 Å². The highest BCUT2D eigenvalue weighted by Gasteiger charge is 2.42. The third-order valence-electron chi connectivity index (χ3n) is 2.97. The van der Waals surface area contributed by atoms with Crippen molar-refractivity contribution in [1.82, 2.24) is 4.90 Å². The largest absolute Gasteiger partial charge is 0.389 e. The number of nitrogens with zero attached hydrogens (tertiary/aromatic N) is 1. The second kappa shape index (κ2) is 2.96. The number of rotatable bonds is 0. The first kappa shape index (κ1) is 8.44. The van der Waals surface area contributed by atoms with Crippen LogP contribution < -0.4 is 0 Å². The maximum absolute atomic E-state index is 9.57. The van der Waals surface area contributed by atoms with Crippen LogP contribution in [0.5, 0.6) is 0 Å². The number of hydrogen-bond donors (Lipinski definition) is 3. The van der Waals surface area contributed by atoms with Crippen molar-refractivity contribution >= 4 is 0 Å². The summed E-state index contributed by atoms with van der Waals surface area (Å²) in [4.78, 5) is 2.06. The van der Waals surface area contributed by atoms with E-state index in [1.807, 2.05) is 0 Å². The minimum absolute atomic E-state index is 0.0726. The molecule has 4 nitrogen and oxygen atoms in total. The molecule has 0 aliphatic carbocycles. The Hall–Kier alpha value is -0.160. The van der Waals surface area contributed by atoms with Crippen molar-refractivity contribution < 1.29 is 15.3 Å². The van der Waals surface area contributed by atoms with Crippen LogP contribution in [0.15, 0.2) is 0 Å². The van der Waals surface area contributed by atoms with Crippen LogP contribution in [0.1, 0.15) is 12.8 Å². The second-order valence-corrected chi connectivity index (χ2v) is 3.75. The van der Waals surface area contributed by atoms with Gasteiger partial charge in [0.05, 0.1) is 12.2 Å². The Kier molecular flexibility index (Phi) is 2.08. The van der Waals surface area contributed by atoms with Crippen molar-refractivity contribution in [2.24, 2.45) is 0 Å². The molecular weight excluding hydrogens is 158 g/mol. The van der Waals surface area contributed by atoms with Gasteiger partial charge in [0.1, 0.15) is 6.10 Å². The standard InChI is InChI=1S/C8H15NO3/c10-6-4-9-3-1-2-5(9)7(11)8(6)12/h5-8,10-12H,1-4H2/t5-,6-,7+,8+/m1/s1. The molecule has 2 aliphatic heterocycles. The molecule has 4 heteroatoms. The molecule has 0 aromatic heterocycles. The summed E-state index contributed by atoms with van der Waals surface area (Å²) in [5, 5.41) is 28.3. The molecule has 2 aliphatic rings. The van der Waals surface area contributed by atoms with E-state index in [1.54, 1.807) is 0 Å². The molecule has 3 N–H and O–H groups in total.